The third kappa shape index (κ3) is 3.30. The van der Waals surface area contributed by atoms with Crippen molar-refractivity contribution in [2.24, 2.45) is 0 Å². The molecule has 1 nitrogen and oxygen atoms in total. The Hall–Kier alpha value is -1.41. The van der Waals surface area contributed by atoms with E-state index in [1.54, 1.807) is 0 Å². The SMILES string of the molecule is CC.CC.c1ccc2c(c1)Nc1ccccc1S2. The molecule has 0 amide bonds. The van der Waals surface area contributed by atoms with Gasteiger partial charge in [0.25, 0.3) is 0 Å². The van der Waals surface area contributed by atoms with E-state index in [0.717, 1.165) is 0 Å². The lowest BCUT2D eigenvalue weighted by atomic mass is 10.2. The lowest BCUT2D eigenvalue weighted by Gasteiger charge is -2.19. The third-order valence-corrected chi connectivity index (χ3v) is 3.42. The van der Waals surface area contributed by atoms with Gasteiger partial charge in [0.2, 0.25) is 0 Å². The molecule has 0 radical (unpaired) electrons. The molecule has 1 aliphatic rings. The summed E-state index contributed by atoms with van der Waals surface area (Å²) >= 11 is 1.82. The van der Waals surface area contributed by atoms with Crippen molar-refractivity contribution in [1.82, 2.24) is 0 Å². The molecule has 0 aromatic heterocycles. The van der Waals surface area contributed by atoms with E-state index in [1.807, 2.05) is 39.5 Å². The number of para-hydroxylation sites is 2. The summed E-state index contributed by atoms with van der Waals surface area (Å²) in [6.45, 7) is 8.00. The second-order valence-corrected chi connectivity index (χ2v) is 4.30. The number of rotatable bonds is 0. The highest BCUT2D eigenvalue weighted by Crippen LogP contribution is 2.43. The fourth-order valence-electron chi connectivity index (χ4n) is 1.58. The third-order valence-electron chi connectivity index (χ3n) is 2.26. The van der Waals surface area contributed by atoms with Crippen molar-refractivity contribution in [3.63, 3.8) is 0 Å². The predicted molar refractivity (Wildman–Crippen MR) is 83.0 cm³/mol. The highest BCUT2D eigenvalue weighted by Gasteiger charge is 2.13. The van der Waals surface area contributed by atoms with Crippen LogP contribution in [-0.4, -0.2) is 0 Å². The van der Waals surface area contributed by atoms with E-state index >= 15 is 0 Å². The molecule has 1 N–H and O–H groups in total. The van der Waals surface area contributed by atoms with Gasteiger partial charge in [-0.05, 0) is 24.3 Å². The average Bonchev–Trinajstić information content (AvgIpc) is 2.49. The Morgan fingerprint density at radius 3 is 1.50 bits per heavy atom. The Kier molecular flexibility index (Phi) is 6.37. The normalized spacial score (nSPS) is 10.4. The zero-order valence-corrected chi connectivity index (χ0v) is 12.3. The van der Waals surface area contributed by atoms with Crippen LogP contribution >= 0.6 is 11.8 Å². The number of benzene rings is 2. The van der Waals surface area contributed by atoms with Crippen molar-refractivity contribution in [2.45, 2.75) is 37.5 Å². The van der Waals surface area contributed by atoms with Gasteiger partial charge in [-0.15, -0.1) is 0 Å². The molecule has 96 valence electrons. The van der Waals surface area contributed by atoms with Crippen LogP contribution in [0.15, 0.2) is 58.3 Å². The van der Waals surface area contributed by atoms with E-state index in [0.29, 0.717) is 0 Å². The summed E-state index contributed by atoms with van der Waals surface area (Å²) in [4.78, 5) is 2.59. The largest absolute Gasteiger partial charge is 0.354 e. The van der Waals surface area contributed by atoms with E-state index in [2.05, 4.69) is 53.8 Å². The quantitative estimate of drug-likeness (QED) is 0.535. The molecule has 18 heavy (non-hydrogen) atoms. The zero-order chi connectivity index (χ0) is 13.4. The Balaban J connectivity index is 0.000000371. The van der Waals surface area contributed by atoms with Gasteiger partial charge in [-0.25, -0.2) is 0 Å². The maximum absolute atomic E-state index is 3.42. The Morgan fingerprint density at radius 1 is 0.667 bits per heavy atom. The molecule has 0 saturated heterocycles. The average molecular weight is 259 g/mol. The van der Waals surface area contributed by atoms with Crippen LogP contribution in [0.3, 0.4) is 0 Å². The smallest absolute Gasteiger partial charge is 0.0526 e. The molecule has 0 saturated carbocycles. The molecule has 1 heterocycles. The second kappa shape index (κ2) is 7.83. The van der Waals surface area contributed by atoms with Crippen molar-refractivity contribution in [3.05, 3.63) is 48.5 Å². The second-order valence-electron chi connectivity index (χ2n) is 3.22. The number of hydrogen-bond acceptors (Lipinski definition) is 2. The number of anilines is 2. The zero-order valence-electron chi connectivity index (χ0n) is 11.5. The summed E-state index contributed by atoms with van der Waals surface area (Å²) in [5.41, 5.74) is 2.41. The lowest BCUT2D eigenvalue weighted by Crippen LogP contribution is -1.98. The van der Waals surface area contributed by atoms with Crippen LogP contribution in [-0.2, 0) is 0 Å². The van der Waals surface area contributed by atoms with Crippen LogP contribution in [0.2, 0.25) is 0 Å². The van der Waals surface area contributed by atoms with Gasteiger partial charge in [0.1, 0.15) is 0 Å². The number of nitrogens with one attached hydrogen (secondary N) is 1. The minimum absolute atomic E-state index is 1.20. The van der Waals surface area contributed by atoms with Gasteiger partial charge < -0.3 is 5.32 Å². The topological polar surface area (TPSA) is 12.0 Å². The molecule has 0 fully saturated rings. The summed E-state index contributed by atoms with van der Waals surface area (Å²) in [5, 5.41) is 3.42. The van der Waals surface area contributed by atoms with Crippen LogP contribution < -0.4 is 5.32 Å². The summed E-state index contributed by atoms with van der Waals surface area (Å²) in [5.74, 6) is 0. The molecule has 1 aliphatic heterocycles. The first-order valence-electron chi connectivity index (χ1n) is 6.56. The summed E-state index contributed by atoms with van der Waals surface area (Å²) < 4.78 is 0. The summed E-state index contributed by atoms with van der Waals surface area (Å²) in [6, 6.07) is 16.8. The van der Waals surface area contributed by atoms with Crippen LogP contribution in [0.25, 0.3) is 0 Å². The fourth-order valence-corrected chi connectivity index (χ4v) is 2.57. The summed E-state index contributed by atoms with van der Waals surface area (Å²) in [6.07, 6.45) is 0. The van der Waals surface area contributed by atoms with Gasteiger partial charge in [-0.2, -0.15) is 0 Å². The molecular weight excluding hydrogens is 238 g/mol. The van der Waals surface area contributed by atoms with Crippen molar-refractivity contribution >= 4 is 23.1 Å². The first-order valence-corrected chi connectivity index (χ1v) is 7.38. The molecule has 2 heteroatoms. The Labute approximate surface area is 115 Å². The monoisotopic (exact) mass is 259 g/mol. The lowest BCUT2D eigenvalue weighted by molar-refractivity contribution is 1.32. The molecule has 0 atom stereocenters. The highest BCUT2D eigenvalue weighted by atomic mass is 32.2. The molecular formula is C16H21NS. The van der Waals surface area contributed by atoms with Gasteiger partial charge in [-0.1, -0.05) is 63.7 Å². The van der Waals surface area contributed by atoms with Crippen molar-refractivity contribution in [1.29, 1.82) is 0 Å². The van der Waals surface area contributed by atoms with Gasteiger partial charge in [-0.3, -0.25) is 0 Å². The van der Waals surface area contributed by atoms with E-state index in [1.165, 1.54) is 21.2 Å². The first kappa shape index (κ1) is 14.7. The van der Waals surface area contributed by atoms with Crippen molar-refractivity contribution in [2.75, 3.05) is 5.32 Å². The minimum Gasteiger partial charge on any atom is -0.354 e. The van der Waals surface area contributed by atoms with Crippen molar-refractivity contribution < 1.29 is 0 Å². The predicted octanol–water partition coefficient (Wildman–Crippen LogP) is 5.95. The maximum Gasteiger partial charge on any atom is 0.0526 e. The molecule has 0 unspecified atom stereocenters. The highest BCUT2D eigenvalue weighted by molar-refractivity contribution is 7.99. The minimum atomic E-state index is 1.20. The molecule has 3 rings (SSSR count). The van der Waals surface area contributed by atoms with Crippen molar-refractivity contribution in [3.8, 4) is 0 Å². The van der Waals surface area contributed by atoms with E-state index < -0.39 is 0 Å². The summed E-state index contributed by atoms with van der Waals surface area (Å²) in [7, 11) is 0. The van der Waals surface area contributed by atoms with Gasteiger partial charge >= 0.3 is 0 Å². The van der Waals surface area contributed by atoms with Crippen LogP contribution in [0.1, 0.15) is 27.7 Å². The Bertz CT molecular complexity index is 393. The van der Waals surface area contributed by atoms with E-state index in [9.17, 15) is 0 Å². The molecule has 0 spiro atoms. The van der Waals surface area contributed by atoms with Crippen LogP contribution in [0.5, 0.6) is 0 Å². The van der Waals surface area contributed by atoms with E-state index in [-0.39, 0.29) is 0 Å². The maximum atomic E-state index is 3.42. The number of hydrogen-bond donors (Lipinski definition) is 1. The molecule has 2 aromatic rings. The first-order chi connectivity index (χ1) is 8.93. The van der Waals surface area contributed by atoms with Crippen LogP contribution in [0.4, 0.5) is 11.4 Å². The van der Waals surface area contributed by atoms with Gasteiger partial charge in [0.15, 0.2) is 0 Å². The molecule has 0 aliphatic carbocycles. The Morgan fingerprint density at radius 2 is 1.06 bits per heavy atom. The molecule has 2 aromatic carbocycles. The van der Waals surface area contributed by atoms with E-state index in [4.69, 9.17) is 0 Å². The molecule has 0 bridgehead atoms. The van der Waals surface area contributed by atoms with Gasteiger partial charge in [0, 0.05) is 9.79 Å². The van der Waals surface area contributed by atoms with Gasteiger partial charge in [0.05, 0.1) is 11.4 Å². The fraction of sp³-hybridized carbons (Fsp3) is 0.250. The number of fused-ring (bicyclic) bond motifs is 2. The standard InChI is InChI=1S/C12H9NS.2C2H6/c1-3-7-11-9(5-1)13-10-6-2-4-8-12(10)14-11;2*1-2/h1-8,13H;2*1-2H3. The van der Waals surface area contributed by atoms with Crippen LogP contribution in [0, 0.1) is 0 Å².